The molecule has 1 aromatic carbocycles. The smallest absolute Gasteiger partial charge is 0.337 e. The number of hydrogen-bond acceptors (Lipinski definition) is 3. The maximum absolute atomic E-state index is 11.3. The lowest BCUT2D eigenvalue weighted by molar-refractivity contribution is 0.0601. The van der Waals surface area contributed by atoms with Gasteiger partial charge in [-0.1, -0.05) is 19.3 Å². The Balaban J connectivity index is 1.97. The molecule has 0 aromatic heterocycles. The first-order valence-corrected chi connectivity index (χ1v) is 6.52. The Morgan fingerprint density at radius 3 is 2.50 bits per heavy atom. The van der Waals surface area contributed by atoms with Crippen molar-refractivity contribution in [3.63, 3.8) is 0 Å². The highest BCUT2D eigenvalue weighted by molar-refractivity contribution is 5.89. The Labute approximate surface area is 108 Å². The van der Waals surface area contributed by atoms with Crippen molar-refractivity contribution in [3.8, 4) is 0 Å². The molecule has 0 spiro atoms. The van der Waals surface area contributed by atoms with Crippen LogP contribution in [0.2, 0.25) is 0 Å². The topological polar surface area (TPSA) is 38.7 Å². The molecule has 3 nitrogen and oxygen atoms in total. The zero-order valence-corrected chi connectivity index (χ0v) is 10.8. The second-order valence-corrected chi connectivity index (χ2v) is 4.71. The van der Waals surface area contributed by atoms with E-state index >= 15 is 0 Å². The third kappa shape index (κ3) is 3.42. The molecule has 0 bridgehead atoms. The molecule has 1 aliphatic carbocycles. The van der Waals surface area contributed by atoms with Gasteiger partial charge >= 0.3 is 5.97 Å². The van der Waals surface area contributed by atoms with Gasteiger partial charge in [-0.2, -0.15) is 0 Å². The second kappa shape index (κ2) is 6.34. The maximum Gasteiger partial charge on any atom is 0.337 e. The van der Waals surface area contributed by atoms with Crippen molar-refractivity contribution in [2.24, 2.45) is 10.9 Å². The second-order valence-electron chi connectivity index (χ2n) is 4.71. The molecule has 0 atom stereocenters. The van der Waals surface area contributed by atoms with Crippen LogP contribution < -0.4 is 0 Å². The van der Waals surface area contributed by atoms with Crippen LogP contribution in [0.25, 0.3) is 0 Å². The van der Waals surface area contributed by atoms with E-state index in [0.29, 0.717) is 11.5 Å². The zero-order chi connectivity index (χ0) is 12.8. The summed E-state index contributed by atoms with van der Waals surface area (Å²) in [5, 5.41) is 0. The lowest BCUT2D eigenvalue weighted by Gasteiger charge is -2.16. The van der Waals surface area contributed by atoms with Crippen molar-refractivity contribution in [1.82, 2.24) is 0 Å². The van der Waals surface area contributed by atoms with E-state index in [1.54, 1.807) is 12.1 Å². The number of esters is 1. The van der Waals surface area contributed by atoms with Crippen LogP contribution in [-0.4, -0.2) is 19.3 Å². The standard InChI is InChI=1S/C15H19NO2/c1-18-15(17)13-7-9-14(10-8-13)16-11-12-5-3-2-4-6-12/h7-12H,2-6H2,1H3. The molecule has 0 heterocycles. The number of ether oxygens (including phenoxy) is 1. The summed E-state index contributed by atoms with van der Waals surface area (Å²) >= 11 is 0. The molecule has 3 heteroatoms. The molecule has 1 aromatic rings. The van der Waals surface area contributed by atoms with Crippen molar-refractivity contribution < 1.29 is 9.53 Å². The largest absolute Gasteiger partial charge is 0.465 e. The van der Waals surface area contributed by atoms with Gasteiger partial charge in [0.05, 0.1) is 18.4 Å². The van der Waals surface area contributed by atoms with Gasteiger partial charge in [0.15, 0.2) is 0 Å². The summed E-state index contributed by atoms with van der Waals surface area (Å²) in [4.78, 5) is 15.7. The number of methoxy groups -OCH3 is 1. The highest BCUT2D eigenvalue weighted by Gasteiger charge is 2.10. The highest BCUT2D eigenvalue weighted by atomic mass is 16.5. The monoisotopic (exact) mass is 245 g/mol. The average Bonchev–Trinajstić information content (AvgIpc) is 2.46. The summed E-state index contributed by atoms with van der Waals surface area (Å²) < 4.78 is 4.65. The number of nitrogens with zero attached hydrogens (tertiary/aromatic N) is 1. The van der Waals surface area contributed by atoms with E-state index in [2.05, 4.69) is 15.9 Å². The van der Waals surface area contributed by atoms with Gasteiger partial charge in [0.25, 0.3) is 0 Å². The third-order valence-corrected chi connectivity index (χ3v) is 3.37. The zero-order valence-electron chi connectivity index (χ0n) is 10.8. The molecule has 0 unspecified atom stereocenters. The van der Waals surface area contributed by atoms with Crippen LogP contribution in [0.1, 0.15) is 42.5 Å². The molecule has 0 saturated heterocycles. The van der Waals surface area contributed by atoms with Crippen LogP contribution in [0.15, 0.2) is 29.3 Å². The minimum atomic E-state index is -0.308. The van der Waals surface area contributed by atoms with E-state index in [1.165, 1.54) is 39.2 Å². The Bertz CT molecular complexity index is 417. The summed E-state index contributed by atoms with van der Waals surface area (Å²) in [5.74, 6) is 0.317. The molecule has 1 aliphatic rings. The SMILES string of the molecule is COC(=O)c1ccc(N=CC2CCCCC2)cc1. The van der Waals surface area contributed by atoms with Crippen LogP contribution >= 0.6 is 0 Å². The summed E-state index contributed by atoms with van der Waals surface area (Å²) in [6, 6.07) is 7.20. The molecule has 1 saturated carbocycles. The van der Waals surface area contributed by atoms with Crippen LogP contribution in [0.4, 0.5) is 5.69 Å². The predicted octanol–water partition coefficient (Wildman–Crippen LogP) is 3.76. The summed E-state index contributed by atoms with van der Waals surface area (Å²) in [6.45, 7) is 0. The minimum absolute atomic E-state index is 0.308. The van der Waals surface area contributed by atoms with Gasteiger partial charge in [-0.25, -0.2) is 4.79 Å². The average molecular weight is 245 g/mol. The maximum atomic E-state index is 11.3. The summed E-state index contributed by atoms with van der Waals surface area (Å²) in [7, 11) is 1.39. The first kappa shape index (κ1) is 12.8. The van der Waals surface area contributed by atoms with Crippen LogP contribution in [0, 0.1) is 5.92 Å². The number of rotatable bonds is 3. The fraction of sp³-hybridized carbons (Fsp3) is 0.467. The van der Waals surface area contributed by atoms with Crippen LogP contribution in [0.3, 0.4) is 0 Å². The van der Waals surface area contributed by atoms with Crippen molar-refractivity contribution in [2.75, 3.05) is 7.11 Å². The molecule has 0 aliphatic heterocycles. The van der Waals surface area contributed by atoms with Crippen molar-refractivity contribution in [3.05, 3.63) is 29.8 Å². The van der Waals surface area contributed by atoms with Crippen LogP contribution in [-0.2, 0) is 4.74 Å². The molecular weight excluding hydrogens is 226 g/mol. The molecule has 96 valence electrons. The number of carbonyl (C=O) groups excluding carboxylic acids is 1. The van der Waals surface area contributed by atoms with E-state index < -0.39 is 0 Å². The fourth-order valence-electron chi connectivity index (χ4n) is 2.28. The number of carbonyl (C=O) groups is 1. The van der Waals surface area contributed by atoms with E-state index in [-0.39, 0.29) is 5.97 Å². The van der Waals surface area contributed by atoms with Crippen molar-refractivity contribution >= 4 is 17.9 Å². The van der Waals surface area contributed by atoms with Crippen LogP contribution in [0.5, 0.6) is 0 Å². The Hall–Kier alpha value is -1.64. The molecular formula is C15H19NO2. The Kier molecular flexibility index (Phi) is 4.51. The fourth-order valence-corrected chi connectivity index (χ4v) is 2.28. The van der Waals surface area contributed by atoms with Crippen molar-refractivity contribution in [2.45, 2.75) is 32.1 Å². The lowest BCUT2D eigenvalue weighted by atomic mass is 9.90. The minimum Gasteiger partial charge on any atom is -0.465 e. The number of hydrogen-bond donors (Lipinski definition) is 0. The Morgan fingerprint density at radius 2 is 1.89 bits per heavy atom. The van der Waals surface area contributed by atoms with Crippen molar-refractivity contribution in [1.29, 1.82) is 0 Å². The van der Waals surface area contributed by atoms with Gasteiger partial charge in [0, 0.05) is 6.21 Å². The highest BCUT2D eigenvalue weighted by Crippen LogP contribution is 2.23. The van der Waals surface area contributed by atoms with E-state index in [0.717, 1.165) is 5.69 Å². The molecule has 1 fully saturated rings. The first-order valence-electron chi connectivity index (χ1n) is 6.52. The van der Waals surface area contributed by atoms with E-state index in [9.17, 15) is 4.79 Å². The van der Waals surface area contributed by atoms with Gasteiger partial charge in [-0.3, -0.25) is 4.99 Å². The summed E-state index contributed by atoms with van der Waals surface area (Å²) in [5.41, 5.74) is 1.46. The van der Waals surface area contributed by atoms with Gasteiger partial charge in [0.2, 0.25) is 0 Å². The number of aliphatic imine (C=N–C) groups is 1. The molecule has 0 amide bonds. The molecule has 0 N–H and O–H groups in total. The molecule has 2 rings (SSSR count). The van der Waals surface area contributed by atoms with Gasteiger partial charge in [0.1, 0.15) is 0 Å². The lowest BCUT2D eigenvalue weighted by Crippen LogP contribution is -2.06. The first-order chi connectivity index (χ1) is 8.79. The van der Waals surface area contributed by atoms with E-state index in [4.69, 9.17) is 0 Å². The quantitative estimate of drug-likeness (QED) is 0.600. The number of benzene rings is 1. The summed E-state index contributed by atoms with van der Waals surface area (Å²) in [6.07, 6.45) is 8.56. The van der Waals surface area contributed by atoms with E-state index in [1.807, 2.05) is 12.1 Å². The predicted molar refractivity (Wildman–Crippen MR) is 72.5 cm³/mol. The normalized spacial score (nSPS) is 16.9. The van der Waals surface area contributed by atoms with Gasteiger partial charge in [-0.05, 0) is 43.0 Å². The molecule has 18 heavy (non-hydrogen) atoms. The Morgan fingerprint density at radius 1 is 1.22 bits per heavy atom. The molecule has 0 radical (unpaired) electrons. The third-order valence-electron chi connectivity index (χ3n) is 3.37. The van der Waals surface area contributed by atoms with Gasteiger partial charge < -0.3 is 4.74 Å². The van der Waals surface area contributed by atoms with Gasteiger partial charge in [-0.15, -0.1) is 0 Å².